The summed E-state index contributed by atoms with van der Waals surface area (Å²) in [5.41, 5.74) is 1.23. The van der Waals surface area contributed by atoms with Crippen molar-refractivity contribution in [3.8, 4) is 5.75 Å². The first-order chi connectivity index (χ1) is 7.54. The van der Waals surface area contributed by atoms with Crippen LogP contribution in [0.25, 0.3) is 10.8 Å². The number of ether oxygens (including phenoxy) is 1. The van der Waals surface area contributed by atoms with Crippen LogP contribution in [0.4, 0.5) is 0 Å². The van der Waals surface area contributed by atoms with Gasteiger partial charge >= 0.3 is 0 Å². The maximum absolute atomic E-state index is 5.37. The van der Waals surface area contributed by atoms with Crippen molar-refractivity contribution in [3.05, 3.63) is 42.0 Å². The molecule has 2 aromatic rings. The fourth-order valence-electron chi connectivity index (χ4n) is 1.98. The lowest BCUT2D eigenvalue weighted by atomic mass is 9.95. The molecule has 0 heterocycles. The zero-order chi connectivity index (χ0) is 11.8. The Bertz CT molecular complexity index is 512. The average Bonchev–Trinajstić information content (AvgIpc) is 2.26. The van der Waals surface area contributed by atoms with Gasteiger partial charge in [-0.15, -0.1) is 0 Å². The zero-order valence-electron chi connectivity index (χ0n) is 9.82. The predicted molar refractivity (Wildman–Crippen MR) is 72.5 cm³/mol. The summed E-state index contributed by atoms with van der Waals surface area (Å²) in [4.78, 5) is 0. The quantitative estimate of drug-likeness (QED) is 0.770. The van der Waals surface area contributed by atoms with Crippen molar-refractivity contribution in [3.63, 3.8) is 0 Å². The topological polar surface area (TPSA) is 9.23 Å². The fourth-order valence-corrected chi connectivity index (χ4v) is 2.18. The standard InChI is InChI=1S/C14H16OS/c1-14(2,16)12-8-9-13(15-3)11-7-5-4-6-10(11)12/h4-9,16H,1-3H3. The van der Waals surface area contributed by atoms with Crippen molar-refractivity contribution < 1.29 is 4.74 Å². The monoisotopic (exact) mass is 232 g/mol. The van der Waals surface area contributed by atoms with Gasteiger partial charge < -0.3 is 4.74 Å². The summed E-state index contributed by atoms with van der Waals surface area (Å²) in [6.07, 6.45) is 0. The molecule has 0 amide bonds. The van der Waals surface area contributed by atoms with Crippen LogP contribution in [0.1, 0.15) is 19.4 Å². The Hall–Kier alpha value is -1.15. The molecule has 84 valence electrons. The van der Waals surface area contributed by atoms with Gasteiger partial charge in [0.05, 0.1) is 7.11 Å². The van der Waals surface area contributed by atoms with Crippen LogP contribution in [-0.4, -0.2) is 7.11 Å². The largest absolute Gasteiger partial charge is 0.496 e. The van der Waals surface area contributed by atoms with Crippen molar-refractivity contribution in [2.24, 2.45) is 0 Å². The summed E-state index contributed by atoms with van der Waals surface area (Å²) in [6, 6.07) is 12.4. The molecule has 0 spiro atoms. The van der Waals surface area contributed by atoms with Crippen LogP contribution in [0.3, 0.4) is 0 Å². The van der Waals surface area contributed by atoms with E-state index in [4.69, 9.17) is 4.74 Å². The summed E-state index contributed by atoms with van der Waals surface area (Å²) in [7, 11) is 1.70. The lowest BCUT2D eigenvalue weighted by molar-refractivity contribution is 0.419. The number of thiol groups is 1. The van der Waals surface area contributed by atoms with Gasteiger partial charge in [0.25, 0.3) is 0 Å². The SMILES string of the molecule is COc1ccc(C(C)(C)S)c2ccccc12. The molecule has 2 rings (SSSR count). The highest BCUT2D eigenvalue weighted by atomic mass is 32.1. The minimum absolute atomic E-state index is 0.147. The summed E-state index contributed by atoms with van der Waals surface area (Å²) in [5, 5.41) is 2.35. The van der Waals surface area contributed by atoms with Gasteiger partial charge in [0.1, 0.15) is 5.75 Å². The van der Waals surface area contributed by atoms with Crippen LogP contribution >= 0.6 is 12.6 Å². The van der Waals surface area contributed by atoms with Crippen LogP contribution in [0.15, 0.2) is 36.4 Å². The maximum Gasteiger partial charge on any atom is 0.126 e. The molecule has 0 N–H and O–H groups in total. The highest BCUT2D eigenvalue weighted by Crippen LogP contribution is 2.36. The van der Waals surface area contributed by atoms with Crippen molar-refractivity contribution in [2.45, 2.75) is 18.6 Å². The molecule has 0 aliphatic heterocycles. The van der Waals surface area contributed by atoms with Crippen molar-refractivity contribution in [2.75, 3.05) is 7.11 Å². The van der Waals surface area contributed by atoms with Crippen LogP contribution in [0.2, 0.25) is 0 Å². The summed E-state index contributed by atoms with van der Waals surface area (Å²) >= 11 is 4.64. The second-order valence-corrected chi connectivity index (χ2v) is 5.54. The normalized spacial score (nSPS) is 11.8. The molecule has 0 bridgehead atoms. The minimum Gasteiger partial charge on any atom is -0.496 e. The molecule has 1 nitrogen and oxygen atoms in total. The van der Waals surface area contributed by atoms with Gasteiger partial charge in [-0.1, -0.05) is 30.3 Å². The van der Waals surface area contributed by atoms with E-state index in [0.717, 1.165) is 11.1 Å². The molecule has 0 fully saturated rings. The number of fused-ring (bicyclic) bond motifs is 1. The van der Waals surface area contributed by atoms with Crippen LogP contribution in [0.5, 0.6) is 5.75 Å². The summed E-state index contributed by atoms with van der Waals surface area (Å²) in [6.45, 7) is 4.20. The van der Waals surface area contributed by atoms with Gasteiger partial charge in [0, 0.05) is 10.1 Å². The van der Waals surface area contributed by atoms with Crippen LogP contribution in [0, 0.1) is 0 Å². The van der Waals surface area contributed by atoms with Crippen molar-refractivity contribution >= 4 is 23.4 Å². The fraction of sp³-hybridized carbons (Fsp3) is 0.286. The maximum atomic E-state index is 5.37. The van der Waals surface area contributed by atoms with Crippen molar-refractivity contribution in [1.29, 1.82) is 0 Å². The lowest BCUT2D eigenvalue weighted by Gasteiger charge is -2.21. The van der Waals surface area contributed by atoms with Gasteiger partial charge in [-0.05, 0) is 30.9 Å². The van der Waals surface area contributed by atoms with E-state index in [0.29, 0.717) is 0 Å². The molecule has 0 saturated carbocycles. The number of methoxy groups -OCH3 is 1. The van der Waals surface area contributed by atoms with Crippen LogP contribution in [-0.2, 0) is 4.75 Å². The molecule has 2 aromatic carbocycles. The van der Waals surface area contributed by atoms with E-state index in [2.05, 4.69) is 44.7 Å². The van der Waals surface area contributed by atoms with E-state index in [1.165, 1.54) is 10.9 Å². The third-order valence-corrected chi connectivity index (χ3v) is 3.00. The van der Waals surface area contributed by atoms with E-state index in [-0.39, 0.29) is 4.75 Å². The Morgan fingerprint density at radius 3 is 2.19 bits per heavy atom. The first-order valence-electron chi connectivity index (χ1n) is 5.32. The highest BCUT2D eigenvalue weighted by Gasteiger charge is 2.18. The third kappa shape index (κ3) is 1.90. The second kappa shape index (κ2) is 4.02. The number of benzene rings is 2. The molecule has 2 heteroatoms. The smallest absolute Gasteiger partial charge is 0.126 e. The lowest BCUT2D eigenvalue weighted by Crippen LogP contribution is -2.08. The van der Waals surface area contributed by atoms with E-state index in [1.807, 2.05) is 18.2 Å². The number of hydrogen-bond donors (Lipinski definition) is 1. The Morgan fingerprint density at radius 1 is 1.00 bits per heavy atom. The van der Waals surface area contributed by atoms with Gasteiger partial charge in [0.2, 0.25) is 0 Å². The minimum atomic E-state index is -0.147. The molecule has 0 aliphatic carbocycles. The predicted octanol–water partition coefficient (Wildman–Crippen LogP) is 4.01. The molecule has 0 unspecified atom stereocenters. The van der Waals surface area contributed by atoms with Gasteiger partial charge in [-0.25, -0.2) is 0 Å². The Morgan fingerprint density at radius 2 is 1.62 bits per heavy atom. The average molecular weight is 232 g/mol. The molecular formula is C14H16OS. The van der Waals surface area contributed by atoms with E-state index in [1.54, 1.807) is 7.11 Å². The van der Waals surface area contributed by atoms with Crippen LogP contribution < -0.4 is 4.74 Å². The zero-order valence-corrected chi connectivity index (χ0v) is 10.7. The highest BCUT2D eigenvalue weighted by molar-refractivity contribution is 7.81. The molecular weight excluding hydrogens is 216 g/mol. The molecule has 16 heavy (non-hydrogen) atoms. The molecule has 0 aromatic heterocycles. The van der Waals surface area contributed by atoms with Gasteiger partial charge in [0.15, 0.2) is 0 Å². The van der Waals surface area contributed by atoms with Gasteiger partial charge in [-0.3, -0.25) is 0 Å². The molecule has 0 atom stereocenters. The number of rotatable bonds is 2. The van der Waals surface area contributed by atoms with Gasteiger partial charge in [-0.2, -0.15) is 12.6 Å². The van der Waals surface area contributed by atoms with Crippen molar-refractivity contribution in [1.82, 2.24) is 0 Å². The Balaban J connectivity index is 2.80. The summed E-state index contributed by atoms with van der Waals surface area (Å²) < 4.78 is 5.22. The molecule has 0 aliphatic rings. The van der Waals surface area contributed by atoms with E-state index < -0.39 is 0 Å². The molecule has 0 saturated heterocycles. The molecule has 0 radical (unpaired) electrons. The Labute approximate surface area is 102 Å². The summed E-state index contributed by atoms with van der Waals surface area (Å²) in [5.74, 6) is 0.914. The second-order valence-electron chi connectivity index (χ2n) is 4.42. The third-order valence-electron chi connectivity index (χ3n) is 2.76. The van der Waals surface area contributed by atoms with E-state index in [9.17, 15) is 0 Å². The van der Waals surface area contributed by atoms with E-state index >= 15 is 0 Å². The first kappa shape index (κ1) is 11.3. The first-order valence-corrected chi connectivity index (χ1v) is 5.77. The number of hydrogen-bond acceptors (Lipinski definition) is 2. The Kier molecular flexibility index (Phi) is 2.85.